The van der Waals surface area contributed by atoms with E-state index in [1.165, 1.54) is 11.3 Å². The van der Waals surface area contributed by atoms with Crippen molar-refractivity contribution in [2.75, 3.05) is 37.9 Å². The van der Waals surface area contributed by atoms with Crippen LogP contribution in [0, 0.1) is 6.92 Å². The monoisotopic (exact) mass is 353 g/mol. The summed E-state index contributed by atoms with van der Waals surface area (Å²) < 4.78 is 10.7. The zero-order chi connectivity index (χ0) is 17.9. The van der Waals surface area contributed by atoms with Gasteiger partial charge < -0.3 is 24.6 Å². The van der Waals surface area contributed by atoms with Gasteiger partial charge in [-0.25, -0.2) is 4.79 Å². The van der Waals surface area contributed by atoms with Crippen LogP contribution in [0.15, 0.2) is 42.5 Å². The average molecular weight is 353 g/mol. The van der Waals surface area contributed by atoms with Crippen LogP contribution >= 0.6 is 0 Å². The van der Waals surface area contributed by atoms with Crippen molar-refractivity contribution in [2.24, 2.45) is 0 Å². The Hall–Kier alpha value is -2.89. The maximum Gasteiger partial charge on any atom is 0.317 e. The topological polar surface area (TPSA) is 54.0 Å². The standard InChI is InChI=1S/C20H23N3O3/c1-15-3-2-4-17(11-15)22-7-9-23(10-8-22)20(24)21-13-16-5-6-18-19(12-16)26-14-25-18/h2-6,11-12H,7-10,13-14H2,1H3,(H,21,24). The fraction of sp³-hybridized carbons (Fsp3) is 0.350. The van der Waals surface area contributed by atoms with Crippen LogP contribution in [0.2, 0.25) is 0 Å². The minimum Gasteiger partial charge on any atom is -0.454 e. The van der Waals surface area contributed by atoms with E-state index in [1.807, 2.05) is 23.1 Å². The SMILES string of the molecule is Cc1cccc(N2CCN(C(=O)NCc3ccc4c(c3)OCO4)CC2)c1. The number of urea groups is 1. The fourth-order valence-electron chi connectivity index (χ4n) is 3.33. The summed E-state index contributed by atoms with van der Waals surface area (Å²) in [6.45, 7) is 5.98. The molecule has 2 amide bonds. The molecule has 2 aromatic rings. The van der Waals surface area contributed by atoms with Crippen molar-refractivity contribution in [1.29, 1.82) is 0 Å². The maximum absolute atomic E-state index is 12.4. The summed E-state index contributed by atoms with van der Waals surface area (Å²) in [7, 11) is 0. The maximum atomic E-state index is 12.4. The molecule has 6 nitrogen and oxygen atoms in total. The van der Waals surface area contributed by atoms with Gasteiger partial charge in [0, 0.05) is 38.4 Å². The number of piperazine rings is 1. The van der Waals surface area contributed by atoms with Crippen LogP contribution in [0.1, 0.15) is 11.1 Å². The summed E-state index contributed by atoms with van der Waals surface area (Å²) in [5.41, 5.74) is 3.48. The van der Waals surface area contributed by atoms with Gasteiger partial charge in [0.2, 0.25) is 6.79 Å². The molecule has 0 radical (unpaired) electrons. The highest BCUT2D eigenvalue weighted by Gasteiger charge is 2.21. The molecule has 2 heterocycles. The molecule has 0 aromatic heterocycles. The number of carbonyl (C=O) groups excluding carboxylic acids is 1. The van der Waals surface area contributed by atoms with Gasteiger partial charge in [-0.3, -0.25) is 0 Å². The Balaban J connectivity index is 1.28. The van der Waals surface area contributed by atoms with Crippen LogP contribution in [-0.2, 0) is 6.54 Å². The van der Waals surface area contributed by atoms with E-state index in [1.54, 1.807) is 0 Å². The van der Waals surface area contributed by atoms with Gasteiger partial charge in [-0.2, -0.15) is 0 Å². The lowest BCUT2D eigenvalue weighted by Crippen LogP contribution is -2.51. The van der Waals surface area contributed by atoms with Gasteiger partial charge in [0.25, 0.3) is 0 Å². The van der Waals surface area contributed by atoms with Crippen LogP contribution in [-0.4, -0.2) is 43.9 Å². The molecule has 1 saturated heterocycles. The second kappa shape index (κ2) is 7.15. The van der Waals surface area contributed by atoms with E-state index in [0.29, 0.717) is 6.54 Å². The molecule has 1 fully saturated rings. The van der Waals surface area contributed by atoms with Crippen molar-refractivity contribution in [3.8, 4) is 11.5 Å². The first-order valence-corrected chi connectivity index (χ1v) is 8.92. The third kappa shape index (κ3) is 3.54. The Morgan fingerprint density at radius 2 is 1.85 bits per heavy atom. The molecule has 136 valence electrons. The third-order valence-electron chi connectivity index (χ3n) is 4.81. The Morgan fingerprint density at radius 3 is 2.65 bits per heavy atom. The highest BCUT2D eigenvalue weighted by Crippen LogP contribution is 2.32. The van der Waals surface area contributed by atoms with Crippen LogP contribution in [0.5, 0.6) is 11.5 Å². The quantitative estimate of drug-likeness (QED) is 0.922. The van der Waals surface area contributed by atoms with E-state index < -0.39 is 0 Å². The Bertz CT molecular complexity index is 801. The lowest BCUT2D eigenvalue weighted by molar-refractivity contribution is 0.174. The van der Waals surface area contributed by atoms with Gasteiger partial charge in [0.15, 0.2) is 11.5 Å². The molecule has 0 aliphatic carbocycles. The van der Waals surface area contributed by atoms with E-state index in [4.69, 9.17) is 9.47 Å². The van der Waals surface area contributed by atoms with Crippen molar-refractivity contribution in [2.45, 2.75) is 13.5 Å². The number of rotatable bonds is 3. The molecule has 1 N–H and O–H groups in total. The number of benzene rings is 2. The number of ether oxygens (including phenoxy) is 2. The number of aryl methyl sites for hydroxylation is 1. The second-order valence-electron chi connectivity index (χ2n) is 6.66. The lowest BCUT2D eigenvalue weighted by Gasteiger charge is -2.36. The molecule has 0 bridgehead atoms. The Morgan fingerprint density at radius 1 is 1.04 bits per heavy atom. The predicted molar refractivity (Wildman–Crippen MR) is 99.8 cm³/mol. The van der Waals surface area contributed by atoms with E-state index in [2.05, 4.69) is 41.4 Å². The minimum absolute atomic E-state index is 0.0217. The van der Waals surface area contributed by atoms with Gasteiger partial charge in [0.1, 0.15) is 0 Å². The first-order valence-electron chi connectivity index (χ1n) is 8.92. The van der Waals surface area contributed by atoms with Crippen molar-refractivity contribution < 1.29 is 14.3 Å². The molecular weight excluding hydrogens is 330 g/mol. The fourth-order valence-corrected chi connectivity index (χ4v) is 3.33. The zero-order valence-electron chi connectivity index (χ0n) is 14.9. The highest BCUT2D eigenvalue weighted by atomic mass is 16.7. The number of amides is 2. The summed E-state index contributed by atoms with van der Waals surface area (Å²) in [4.78, 5) is 16.6. The summed E-state index contributed by atoms with van der Waals surface area (Å²) >= 11 is 0. The van der Waals surface area contributed by atoms with Crippen LogP contribution in [0.4, 0.5) is 10.5 Å². The number of carbonyl (C=O) groups is 1. The minimum atomic E-state index is -0.0217. The first kappa shape index (κ1) is 16.6. The average Bonchev–Trinajstić information content (AvgIpc) is 3.14. The summed E-state index contributed by atoms with van der Waals surface area (Å²) in [5, 5.41) is 3.00. The smallest absolute Gasteiger partial charge is 0.317 e. The number of hydrogen-bond donors (Lipinski definition) is 1. The van der Waals surface area contributed by atoms with E-state index >= 15 is 0 Å². The number of nitrogens with zero attached hydrogens (tertiary/aromatic N) is 2. The molecule has 0 spiro atoms. The van der Waals surface area contributed by atoms with E-state index in [-0.39, 0.29) is 12.8 Å². The molecule has 2 aliphatic rings. The van der Waals surface area contributed by atoms with Crippen molar-refractivity contribution >= 4 is 11.7 Å². The molecule has 0 atom stereocenters. The van der Waals surface area contributed by atoms with Crippen LogP contribution in [0.3, 0.4) is 0 Å². The normalized spacial score (nSPS) is 15.9. The molecular formula is C20H23N3O3. The number of hydrogen-bond acceptors (Lipinski definition) is 4. The van der Waals surface area contributed by atoms with E-state index in [9.17, 15) is 4.79 Å². The molecule has 0 unspecified atom stereocenters. The third-order valence-corrected chi connectivity index (χ3v) is 4.81. The lowest BCUT2D eigenvalue weighted by atomic mass is 10.2. The van der Waals surface area contributed by atoms with Gasteiger partial charge in [0.05, 0.1) is 0 Å². The van der Waals surface area contributed by atoms with Crippen molar-refractivity contribution in [3.05, 3.63) is 53.6 Å². The van der Waals surface area contributed by atoms with Gasteiger partial charge >= 0.3 is 6.03 Å². The van der Waals surface area contributed by atoms with Crippen molar-refractivity contribution in [3.63, 3.8) is 0 Å². The predicted octanol–water partition coefficient (Wildman–Crippen LogP) is 2.76. The molecule has 6 heteroatoms. The zero-order valence-corrected chi connectivity index (χ0v) is 14.9. The second-order valence-corrected chi connectivity index (χ2v) is 6.66. The summed E-state index contributed by atoms with van der Waals surface area (Å²) in [6.07, 6.45) is 0. The van der Waals surface area contributed by atoms with E-state index in [0.717, 1.165) is 43.2 Å². The number of anilines is 1. The molecule has 4 rings (SSSR count). The van der Waals surface area contributed by atoms with Crippen molar-refractivity contribution in [1.82, 2.24) is 10.2 Å². The molecule has 2 aromatic carbocycles. The highest BCUT2D eigenvalue weighted by molar-refractivity contribution is 5.74. The largest absolute Gasteiger partial charge is 0.454 e. The van der Waals surface area contributed by atoms with Gasteiger partial charge in [-0.1, -0.05) is 18.2 Å². The van der Waals surface area contributed by atoms with Gasteiger partial charge in [-0.05, 0) is 42.3 Å². The number of fused-ring (bicyclic) bond motifs is 1. The Labute approximate surface area is 153 Å². The first-order chi connectivity index (χ1) is 12.7. The summed E-state index contributed by atoms with van der Waals surface area (Å²) in [6, 6.07) is 14.2. The summed E-state index contributed by atoms with van der Waals surface area (Å²) in [5.74, 6) is 1.50. The molecule has 26 heavy (non-hydrogen) atoms. The van der Waals surface area contributed by atoms with Gasteiger partial charge in [-0.15, -0.1) is 0 Å². The van der Waals surface area contributed by atoms with Crippen LogP contribution < -0.4 is 19.7 Å². The Kier molecular flexibility index (Phi) is 4.56. The molecule has 2 aliphatic heterocycles. The van der Waals surface area contributed by atoms with Crippen LogP contribution in [0.25, 0.3) is 0 Å². The molecule has 0 saturated carbocycles. The number of nitrogens with one attached hydrogen (secondary N) is 1.